The standard InChI is InChI=1S/C13H16ClN5/c1-8-11(14)17-13-15-7-16-19(13)12(8)18-5-9-3-2-4-10(9)6-18/h7,9-10H,2-6H2,1H3. The Labute approximate surface area is 116 Å². The molecular formula is C13H16ClN5. The fourth-order valence-corrected chi connectivity index (χ4v) is 3.82. The Morgan fingerprint density at radius 2 is 2.00 bits per heavy atom. The van der Waals surface area contributed by atoms with Gasteiger partial charge in [-0.2, -0.15) is 19.6 Å². The summed E-state index contributed by atoms with van der Waals surface area (Å²) >= 11 is 6.23. The molecular weight excluding hydrogens is 262 g/mol. The summed E-state index contributed by atoms with van der Waals surface area (Å²) in [6, 6.07) is 0. The van der Waals surface area contributed by atoms with Gasteiger partial charge < -0.3 is 4.90 Å². The number of rotatable bonds is 1. The summed E-state index contributed by atoms with van der Waals surface area (Å²) in [7, 11) is 0. The topological polar surface area (TPSA) is 46.3 Å². The normalized spacial score (nSPS) is 26.3. The predicted molar refractivity (Wildman–Crippen MR) is 73.6 cm³/mol. The van der Waals surface area contributed by atoms with Crippen molar-refractivity contribution in [2.24, 2.45) is 11.8 Å². The summed E-state index contributed by atoms with van der Waals surface area (Å²) < 4.78 is 1.82. The highest BCUT2D eigenvalue weighted by Crippen LogP contribution is 2.40. The highest BCUT2D eigenvalue weighted by atomic mass is 35.5. The average molecular weight is 278 g/mol. The van der Waals surface area contributed by atoms with E-state index in [4.69, 9.17) is 11.6 Å². The van der Waals surface area contributed by atoms with E-state index in [9.17, 15) is 0 Å². The Morgan fingerprint density at radius 1 is 1.26 bits per heavy atom. The largest absolute Gasteiger partial charge is 0.356 e. The van der Waals surface area contributed by atoms with Gasteiger partial charge in [0, 0.05) is 18.7 Å². The van der Waals surface area contributed by atoms with Gasteiger partial charge in [0.2, 0.25) is 0 Å². The fraction of sp³-hybridized carbons (Fsp3) is 0.615. The minimum Gasteiger partial charge on any atom is -0.356 e. The van der Waals surface area contributed by atoms with E-state index in [0.717, 1.165) is 36.3 Å². The second-order valence-corrected chi connectivity index (χ2v) is 6.04. The molecule has 5 nitrogen and oxygen atoms in total. The molecule has 0 aromatic carbocycles. The third-order valence-electron chi connectivity index (χ3n) is 4.60. The van der Waals surface area contributed by atoms with Crippen LogP contribution >= 0.6 is 11.6 Å². The predicted octanol–water partition coefficient (Wildman–Crippen LogP) is 2.32. The fourth-order valence-electron chi connectivity index (χ4n) is 3.66. The Hall–Kier alpha value is -1.36. The van der Waals surface area contributed by atoms with Crippen LogP contribution in [-0.4, -0.2) is 32.7 Å². The molecule has 6 heteroatoms. The molecule has 4 rings (SSSR count). The molecule has 2 aromatic rings. The minimum atomic E-state index is 0.535. The van der Waals surface area contributed by atoms with E-state index >= 15 is 0 Å². The van der Waals surface area contributed by atoms with Crippen LogP contribution in [0.4, 0.5) is 5.82 Å². The van der Waals surface area contributed by atoms with Crippen LogP contribution in [0.2, 0.25) is 5.15 Å². The maximum Gasteiger partial charge on any atom is 0.255 e. The summed E-state index contributed by atoms with van der Waals surface area (Å²) in [5.74, 6) is 3.33. The van der Waals surface area contributed by atoms with Crippen molar-refractivity contribution < 1.29 is 0 Å². The molecule has 2 aromatic heterocycles. The van der Waals surface area contributed by atoms with Gasteiger partial charge in [0.15, 0.2) is 0 Å². The summed E-state index contributed by atoms with van der Waals surface area (Å²) in [5, 5.41) is 4.84. The third kappa shape index (κ3) is 1.64. The van der Waals surface area contributed by atoms with E-state index in [1.54, 1.807) is 6.33 Å². The molecule has 2 fully saturated rings. The van der Waals surface area contributed by atoms with Crippen LogP contribution in [-0.2, 0) is 0 Å². The monoisotopic (exact) mass is 277 g/mol. The maximum absolute atomic E-state index is 6.23. The number of anilines is 1. The second-order valence-electron chi connectivity index (χ2n) is 5.68. The van der Waals surface area contributed by atoms with Gasteiger partial charge in [-0.25, -0.2) is 0 Å². The van der Waals surface area contributed by atoms with Crippen molar-refractivity contribution in [2.45, 2.75) is 26.2 Å². The molecule has 2 unspecified atom stereocenters. The summed E-state index contributed by atoms with van der Waals surface area (Å²) in [6.45, 7) is 4.24. The Kier molecular flexibility index (Phi) is 2.45. The zero-order valence-corrected chi connectivity index (χ0v) is 11.6. The highest BCUT2D eigenvalue weighted by molar-refractivity contribution is 6.30. The van der Waals surface area contributed by atoms with Crippen LogP contribution in [0.15, 0.2) is 6.33 Å². The van der Waals surface area contributed by atoms with Gasteiger partial charge in [-0.1, -0.05) is 18.0 Å². The number of fused-ring (bicyclic) bond motifs is 2. The smallest absolute Gasteiger partial charge is 0.255 e. The van der Waals surface area contributed by atoms with Gasteiger partial charge in [-0.3, -0.25) is 0 Å². The molecule has 2 atom stereocenters. The lowest BCUT2D eigenvalue weighted by molar-refractivity contribution is 0.494. The van der Waals surface area contributed by atoms with Crippen LogP contribution in [0.1, 0.15) is 24.8 Å². The lowest BCUT2D eigenvalue weighted by Crippen LogP contribution is -2.25. The first-order valence-electron chi connectivity index (χ1n) is 6.85. The summed E-state index contributed by atoms with van der Waals surface area (Å²) in [4.78, 5) is 10.8. The van der Waals surface area contributed by atoms with Gasteiger partial charge >= 0.3 is 0 Å². The van der Waals surface area contributed by atoms with Crippen LogP contribution in [0, 0.1) is 18.8 Å². The van der Waals surface area contributed by atoms with Crippen molar-refractivity contribution in [3.63, 3.8) is 0 Å². The molecule has 1 saturated heterocycles. The van der Waals surface area contributed by atoms with E-state index in [0.29, 0.717) is 10.9 Å². The molecule has 0 radical (unpaired) electrons. The van der Waals surface area contributed by atoms with E-state index in [1.807, 2.05) is 11.4 Å². The Balaban J connectivity index is 1.82. The van der Waals surface area contributed by atoms with Crippen molar-refractivity contribution in [1.82, 2.24) is 19.6 Å². The van der Waals surface area contributed by atoms with Gasteiger partial charge in [0.1, 0.15) is 17.3 Å². The Morgan fingerprint density at radius 3 is 2.74 bits per heavy atom. The molecule has 1 aliphatic heterocycles. The zero-order valence-electron chi connectivity index (χ0n) is 10.9. The lowest BCUT2D eigenvalue weighted by atomic mass is 10.0. The quantitative estimate of drug-likeness (QED) is 0.751. The van der Waals surface area contributed by atoms with Crippen molar-refractivity contribution in [2.75, 3.05) is 18.0 Å². The molecule has 2 aliphatic rings. The SMILES string of the molecule is Cc1c(Cl)nc2ncnn2c1N1CC2CCCC2C1. The van der Waals surface area contributed by atoms with Crippen molar-refractivity contribution >= 4 is 23.2 Å². The summed E-state index contributed by atoms with van der Waals surface area (Å²) in [6.07, 6.45) is 5.65. The highest BCUT2D eigenvalue weighted by Gasteiger charge is 2.37. The van der Waals surface area contributed by atoms with E-state index in [-0.39, 0.29) is 0 Å². The average Bonchev–Trinajstić information content (AvgIpc) is 3.04. The molecule has 1 saturated carbocycles. The first-order chi connectivity index (χ1) is 9.24. The first-order valence-corrected chi connectivity index (χ1v) is 7.22. The summed E-state index contributed by atoms with van der Waals surface area (Å²) in [5.41, 5.74) is 1.000. The van der Waals surface area contributed by atoms with Gasteiger partial charge in [-0.15, -0.1) is 0 Å². The van der Waals surface area contributed by atoms with Gasteiger partial charge in [0.25, 0.3) is 5.78 Å². The molecule has 0 amide bonds. The van der Waals surface area contributed by atoms with Crippen LogP contribution in [0.3, 0.4) is 0 Å². The molecule has 1 aliphatic carbocycles. The van der Waals surface area contributed by atoms with E-state index in [1.165, 1.54) is 19.3 Å². The van der Waals surface area contributed by atoms with Gasteiger partial charge in [0.05, 0.1) is 0 Å². The molecule has 100 valence electrons. The van der Waals surface area contributed by atoms with Crippen LogP contribution < -0.4 is 4.90 Å². The van der Waals surface area contributed by atoms with E-state index < -0.39 is 0 Å². The number of hydrogen-bond donors (Lipinski definition) is 0. The van der Waals surface area contributed by atoms with Crippen molar-refractivity contribution in [1.29, 1.82) is 0 Å². The maximum atomic E-state index is 6.23. The molecule has 3 heterocycles. The Bertz CT molecular complexity index is 625. The molecule has 0 N–H and O–H groups in total. The molecule has 19 heavy (non-hydrogen) atoms. The van der Waals surface area contributed by atoms with Crippen molar-refractivity contribution in [3.05, 3.63) is 17.0 Å². The minimum absolute atomic E-state index is 0.535. The number of aromatic nitrogens is 4. The number of halogens is 1. The third-order valence-corrected chi connectivity index (χ3v) is 4.97. The first kappa shape index (κ1) is 11.5. The van der Waals surface area contributed by atoms with Gasteiger partial charge in [-0.05, 0) is 31.6 Å². The van der Waals surface area contributed by atoms with Crippen LogP contribution in [0.5, 0.6) is 0 Å². The lowest BCUT2D eigenvalue weighted by Gasteiger charge is -2.22. The number of hydrogen-bond acceptors (Lipinski definition) is 4. The van der Waals surface area contributed by atoms with Crippen molar-refractivity contribution in [3.8, 4) is 0 Å². The van der Waals surface area contributed by atoms with Crippen LogP contribution in [0.25, 0.3) is 5.78 Å². The molecule has 0 spiro atoms. The molecule has 0 bridgehead atoms. The number of nitrogens with zero attached hydrogens (tertiary/aromatic N) is 5. The second kappa shape index (κ2) is 4.07. The van der Waals surface area contributed by atoms with E-state index in [2.05, 4.69) is 20.0 Å². The zero-order chi connectivity index (χ0) is 13.0.